The molecule has 0 radical (unpaired) electrons. The molecular weight excluding hydrogens is 234 g/mol. The van der Waals surface area contributed by atoms with Crippen molar-refractivity contribution in [3.8, 4) is 17.2 Å². The van der Waals surface area contributed by atoms with Crippen LogP contribution >= 0.6 is 11.6 Å². The van der Waals surface area contributed by atoms with E-state index in [1.54, 1.807) is 0 Å². The van der Waals surface area contributed by atoms with Gasteiger partial charge in [0.2, 0.25) is 0 Å². The third-order valence-electron chi connectivity index (χ3n) is 2.18. The van der Waals surface area contributed by atoms with Crippen molar-refractivity contribution in [3.05, 3.63) is 16.7 Å². The molecule has 0 heterocycles. The van der Waals surface area contributed by atoms with Crippen LogP contribution in [0.4, 0.5) is 0 Å². The van der Waals surface area contributed by atoms with E-state index in [9.17, 15) is 10.2 Å². The fourth-order valence-electron chi connectivity index (χ4n) is 1.39. The molecule has 90 valence electrons. The Balaban J connectivity index is 3.40. The molecule has 0 bridgehead atoms. The van der Waals surface area contributed by atoms with E-state index in [-0.39, 0.29) is 34.4 Å². The summed E-state index contributed by atoms with van der Waals surface area (Å²) >= 11 is 5.99. The first-order chi connectivity index (χ1) is 7.56. The van der Waals surface area contributed by atoms with Crippen LogP contribution in [-0.2, 0) is 0 Å². The highest BCUT2D eigenvalue weighted by Gasteiger charge is 2.22. The maximum atomic E-state index is 9.69. The van der Waals surface area contributed by atoms with Gasteiger partial charge >= 0.3 is 0 Å². The van der Waals surface area contributed by atoms with E-state index in [1.807, 2.05) is 0 Å². The van der Waals surface area contributed by atoms with Crippen molar-refractivity contribution >= 4 is 11.6 Å². The minimum atomic E-state index is -1.05. The molecule has 0 aliphatic rings. The number of rotatable bonds is 4. The van der Waals surface area contributed by atoms with E-state index in [1.165, 1.54) is 20.3 Å². The van der Waals surface area contributed by atoms with Crippen molar-refractivity contribution in [2.24, 2.45) is 5.73 Å². The molecule has 0 fully saturated rings. The molecule has 1 aromatic rings. The number of halogens is 1. The van der Waals surface area contributed by atoms with Crippen LogP contribution < -0.4 is 15.2 Å². The topological polar surface area (TPSA) is 84.9 Å². The Hall–Kier alpha value is -1.17. The minimum absolute atomic E-state index is 0.0528. The highest BCUT2D eigenvalue weighted by Crippen LogP contribution is 2.44. The third kappa shape index (κ3) is 2.16. The molecule has 0 aliphatic heterocycles. The summed E-state index contributed by atoms with van der Waals surface area (Å²) in [5, 5.41) is 19.4. The van der Waals surface area contributed by atoms with Gasteiger partial charge in [-0.2, -0.15) is 0 Å². The van der Waals surface area contributed by atoms with Gasteiger partial charge in [0, 0.05) is 18.2 Å². The molecule has 4 N–H and O–H groups in total. The number of nitrogens with two attached hydrogens (primary N) is 1. The van der Waals surface area contributed by atoms with E-state index >= 15 is 0 Å². The Labute approximate surface area is 98.3 Å². The molecule has 0 saturated heterocycles. The second-order valence-electron chi connectivity index (χ2n) is 3.11. The Morgan fingerprint density at radius 1 is 1.44 bits per heavy atom. The van der Waals surface area contributed by atoms with Gasteiger partial charge in [-0.05, 0) is 0 Å². The van der Waals surface area contributed by atoms with Crippen molar-refractivity contribution in [2.45, 2.75) is 6.10 Å². The summed E-state index contributed by atoms with van der Waals surface area (Å²) in [5.74, 6) is 0.364. The standard InChI is InChI=1S/C10H14ClNO4/c1-15-7-3-5(13)8(6(14)4-12)9(11)10(7)16-2/h3,6,13-14H,4,12H2,1-2H3. The molecule has 6 heteroatoms. The smallest absolute Gasteiger partial charge is 0.180 e. The van der Waals surface area contributed by atoms with Crippen molar-refractivity contribution in [1.82, 2.24) is 0 Å². The summed E-state index contributed by atoms with van der Waals surface area (Å²) in [6, 6.07) is 1.32. The molecule has 5 nitrogen and oxygen atoms in total. The normalized spacial score (nSPS) is 12.3. The predicted octanol–water partition coefficient (Wildman–Crippen LogP) is 1.05. The van der Waals surface area contributed by atoms with Crippen LogP contribution in [0.15, 0.2) is 6.07 Å². The van der Waals surface area contributed by atoms with Crippen LogP contribution in [0, 0.1) is 0 Å². The fourth-order valence-corrected chi connectivity index (χ4v) is 1.78. The molecule has 1 aromatic carbocycles. The van der Waals surface area contributed by atoms with Crippen molar-refractivity contribution in [1.29, 1.82) is 0 Å². The molecule has 0 saturated carbocycles. The monoisotopic (exact) mass is 247 g/mol. The summed E-state index contributed by atoms with van der Waals surface area (Å²) in [6.45, 7) is -0.0528. The van der Waals surface area contributed by atoms with Crippen LogP contribution in [0.3, 0.4) is 0 Å². The van der Waals surface area contributed by atoms with E-state index in [4.69, 9.17) is 26.8 Å². The SMILES string of the molecule is COc1cc(O)c(C(O)CN)c(Cl)c1OC. The zero-order valence-corrected chi connectivity index (χ0v) is 9.78. The third-order valence-corrected chi connectivity index (χ3v) is 2.56. The number of phenols is 1. The zero-order chi connectivity index (χ0) is 12.3. The zero-order valence-electron chi connectivity index (χ0n) is 9.03. The van der Waals surface area contributed by atoms with Crippen molar-refractivity contribution in [2.75, 3.05) is 20.8 Å². The number of hydrogen-bond donors (Lipinski definition) is 3. The Bertz CT molecular complexity index is 384. The Morgan fingerprint density at radius 2 is 2.06 bits per heavy atom. The average molecular weight is 248 g/mol. The van der Waals surface area contributed by atoms with E-state index < -0.39 is 6.10 Å². The first-order valence-corrected chi connectivity index (χ1v) is 4.96. The molecule has 0 spiro atoms. The molecule has 16 heavy (non-hydrogen) atoms. The maximum Gasteiger partial charge on any atom is 0.180 e. The lowest BCUT2D eigenvalue weighted by molar-refractivity contribution is 0.182. The van der Waals surface area contributed by atoms with Crippen LogP contribution in [0.1, 0.15) is 11.7 Å². The molecule has 0 aliphatic carbocycles. The van der Waals surface area contributed by atoms with E-state index in [2.05, 4.69) is 0 Å². The number of aromatic hydroxyl groups is 1. The summed E-state index contributed by atoms with van der Waals surface area (Å²) < 4.78 is 10.0. The molecule has 1 atom stereocenters. The fraction of sp³-hybridized carbons (Fsp3) is 0.400. The van der Waals surface area contributed by atoms with Crippen LogP contribution in [-0.4, -0.2) is 31.0 Å². The van der Waals surface area contributed by atoms with Gasteiger partial charge in [0.05, 0.1) is 25.3 Å². The Kier molecular flexibility index (Phi) is 4.23. The second-order valence-corrected chi connectivity index (χ2v) is 3.49. The molecular formula is C10H14ClNO4. The largest absolute Gasteiger partial charge is 0.507 e. The quantitative estimate of drug-likeness (QED) is 0.741. The van der Waals surface area contributed by atoms with Gasteiger partial charge in [0.25, 0.3) is 0 Å². The van der Waals surface area contributed by atoms with Gasteiger partial charge in [-0.25, -0.2) is 0 Å². The number of methoxy groups -OCH3 is 2. The first kappa shape index (κ1) is 12.9. The summed E-state index contributed by atoms with van der Waals surface area (Å²) in [4.78, 5) is 0. The molecule has 1 unspecified atom stereocenters. The number of ether oxygens (including phenoxy) is 2. The number of hydrogen-bond acceptors (Lipinski definition) is 5. The maximum absolute atomic E-state index is 9.69. The van der Waals surface area contributed by atoms with Crippen molar-refractivity contribution in [3.63, 3.8) is 0 Å². The summed E-state index contributed by atoms with van der Waals surface area (Å²) in [7, 11) is 2.84. The number of benzene rings is 1. The molecule has 0 aromatic heterocycles. The summed E-state index contributed by atoms with van der Waals surface area (Å²) in [5.41, 5.74) is 5.45. The van der Waals surface area contributed by atoms with Gasteiger partial charge in [-0.1, -0.05) is 11.6 Å². The van der Waals surface area contributed by atoms with Crippen LogP contribution in [0.5, 0.6) is 17.2 Å². The number of phenolic OH excluding ortho intramolecular Hbond substituents is 1. The van der Waals surface area contributed by atoms with Gasteiger partial charge in [-0.3, -0.25) is 0 Å². The van der Waals surface area contributed by atoms with Crippen LogP contribution in [0.2, 0.25) is 5.02 Å². The first-order valence-electron chi connectivity index (χ1n) is 4.58. The number of aliphatic hydroxyl groups is 1. The van der Waals surface area contributed by atoms with Gasteiger partial charge in [0.1, 0.15) is 5.75 Å². The van der Waals surface area contributed by atoms with Gasteiger partial charge in [-0.15, -0.1) is 0 Å². The average Bonchev–Trinajstić information content (AvgIpc) is 2.27. The van der Waals surface area contributed by atoms with Crippen molar-refractivity contribution < 1.29 is 19.7 Å². The number of aliphatic hydroxyl groups excluding tert-OH is 1. The molecule has 1 rings (SSSR count). The lowest BCUT2D eigenvalue weighted by atomic mass is 10.1. The summed E-state index contributed by atoms with van der Waals surface area (Å²) in [6.07, 6.45) is -1.05. The lowest BCUT2D eigenvalue weighted by Gasteiger charge is -2.17. The lowest BCUT2D eigenvalue weighted by Crippen LogP contribution is -2.12. The van der Waals surface area contributed by atoms with E-state index in [0.717, 1.165) is 0 Å². The molecule has 0 amide bonds. The predicted molar refractivity (Wildman–Crippen MR) is 60.2 cm³/mol. The van der Waals surface area contributed by atoms with Crippen LogP contribution in [0.25, 0.3) is 0 Å². The van der Waals surface area contributed by atoms with E-state index in [0.29, 0.717) is 0 Å². The van der Waals surface area contributed by atoms with Gasteiger partial charge < -0.3 is 25.4 Å². The Morgan fingerprint density at radius 3 is 2.50 bits per heavy atom. The minimum Gasteiger partial charge on any atom is -0.507 e. The highest BCUT2D eigenvalue weighted by molar-refractivity contribution is 6.33. The second kappa shape index (κ2) is 5.25. The van der Waals surface area contributed by atoms with Gasteiger partial charge in [0.15, 0.2) is 11.5 Å². The highest BCUT2D eigenvalue weighted by atomic mass is 35.5.